The predicted octanol–water partition coefficient (Wildman–Crippen LogP) is 3.52. The van der Waals surface area contributed by atoms with Gasteiger partial charge in [-0.2, -0.15) is 0 Å². The van der Waals surface area contributed by atoms with Gasteiger partial charge in [0.15, 0.2) is 0 Å². The van der Waals surface area contributed by atoms with Crippen molar-refractivity contribution in [1.82, 2.24) is 0 Å². The van der Waals surface area contributed by atoms with Crippen LogP contribution in [0.5, 0.6) is 0 Å². The third kappa shape index (κ3) is 8.21. The maximum absolute atomic E-state index is 5.80. The van der Waals surface area contributed by atoms with Crippen LogP contribution >= 0.6 is 0 Å². The van der Waals surface area contributed by atoms with Crippen LogP contribution in [0.1, 0.15) is 59.8 Å². The van der Waals surface area contributed by atoms with Crippen LogP contribution < -0.4 is 0 Å². The summed E-state index contributed by atoms with van der Waals surface area (Å²) in [6.45, 7) is 10.4. The highest BCUT2D eigenvalue weighted by Gasteiger charge is 2.44. The molecule has 0 N–H and O–H groups in total. The average Bonchev–Trinajstić information content (AvgIpc) is 2.35. The zero-order valence-electron chi connectivity index (χ0n) is 12.5. The SMILES string of the molecule is CCCCCCCO[Si](OCC)(OCC)OCC. The number of rotatable bonds is 13. The van der Waals surface area contributed by atoms with Gasteiger partial charge in [0, 0.05) is 26.4 Å². The van der Waals surface area contributed by atoms with Gasteiger partial charge < -0.3 is 17.7 Å². The van der Waals surface area contributed by atoms with Crippen LogP contribution in [0.2, 0.25) is 0 Å². The number of hydrogen-bond donors (Lipinski definition) is 0. The second-order valence-corrected chi connectivity index (χ2v) is 6.22. The summed E-state index contributed by atoms with van der Waals surface area (Å²) >= 11 is 0. The molecule has 0 aromatic heterocycles. The molecule has 0 amide bonds. The Bertz CT molecular complexity index is 161. The lowest BCUT2D eigenvalue weighted by molar-refractivity contribution is -0.0280. The molecule has 4 nitrogen and oxygen atoms in total. The van der Waals surface area contributed by atoms with Crippen LogP contribution in [0.4, 0.5) is 0 Å². The van der Waals surface area contributed by atoms with Crippen LogP contribution in [0.3, 0.4) is 0 Å². The molecule has 0 aliphatic rings. The summed E-state index contributed by atoms with van der Waals surface area (Å²) in [4.78, 5) is 0. The van der Waals surface area contributed by atoms with Crippen LogP contribution in [-0.2, 0) is 17.7 Å². The van der Waals surface area contributed by atoms with E-state index < -0.39 is 9.05 Å². The fourth-order valence-corrected chi connectivity index (χ4v) is 3.64. The molecule has 110 valence electrons. The molecule has 0 aromatic rings. The third-order valence-corrected chi connectivity index (χ3v) is 4.97. The molecule has 0 unspecified atom stereocenters. The Morgan fingerprint density at radius 2 is 1.11 bits per heavy atom. The largest absolute Gasteiger partial charge is 0.679 e. The molecule has 5 heteroatoms. The maximum Gasteiger partial charge on any atom is 0.679 e. The van der Waals surface area contributed by atoms with Crippen molar-refractivity contribution in [3.8, 4) is 0 Å². The highest BCUT2D eigenvalue weighted by molar-refractivity contribution is 6.53. The molecule has 0 bridgehead atoms. The Morgan fingerprint density at radius 3 is 1.56 bits per heavy atom. The van der Waals surface area contributed by atoms with E-state index in [0.717, 1.165) is 6.42 Å². The highest BCUT2D eigenvalue weighted by Crippen LogP contribution is 2.13. The Balaban J connectivity index is 3.97. The van der Waals surface area contributed by atoms with Crippen molar-refractivity contribution in [2.45, 2.75) is 59.8 Å². The minimum atomic E-state index is -2.86. The molecule has 0 aromatic carbocycles. The Morgan fingerprint density at radius 1 is 0.611 bits per heavy atom. The van der Waals surface area contributed by atoms with E-state index in [9.17, 15) is 0 Å². The smallest absolute Gasteiger partial charge is 0.351 e. The Kier molecular flexibility index (Phi) is 12.1. The normalized spacial score (nSPS) is 12.0. The molecule has 0 saturated carbocycles. The lowest BCUT2D eigenvalue weighted by Gasteiger charge is -2.26. The first-order valence-electron chi connectivity index (χ1n) is 7.30. The molecule has 0 heterocycles. The van der Waals surface area contributed by atoms with Gasteiger partial charge >= 0.3 is 9.05 Å². The quantitative estimate of drug-likeness (QED) is 0.381. The molecule has 18 heavy (non-hydrogen) atoms. The number of hydrogen-bond acceptors (Lipinski definition) is 4. The first-order chi connectivity index (χ1) is 8.74. The van der Waals surface area contributed by atoms with Crippen LogP contribution in [0, 0.1) is 0 Å². The van der Waals surface area contributed by atoms with Gasteiger partial charge in [-0.1, -0.05) is 32.6 Å². The maximum atomic E-state index is 5.80. The second-order valence-electron chi connectivity index (χ2n) is 4.06. The van der Waals surface area contributed by atoms with Crippen LogP contribution in [-0.4, -0.2) is 35.5 Å². The summed E-state index contributed by atoms with van der Waals surface area (Å²) in [6.07, 6.45) is 6.07. The lowest BCUT2D eigenvalue weighted by Crippen LogP contribution is -2.49. The van der Waals surface area contributed by atoms with E-state index >= 15 is 0 Å². The molecule has 0 rings (SSSR count). The van der Waals surface area contributed by atoms with Gasteiger partial charge in [-0.3, -0.25) is 0 Å². The first-order valence-corrected chi connectivity index (χ1v) is 8.93. The zero-order chi connectivity index (χ0) is 13.7. The van der Waals surface area contributed by atoms with Gasteiger partial charge in [-0.05, 0) is 27.2 Å². The average molecular weight is 278 g/mol. The van der Waals surface area contributed by atoms with E-state index in [4.69, 9.17) is 17.7 Å². The molecule has 0 aliphatic carbocycles. The minimum Gasteiger partial charge on any atom is -0.351 e. The van der Waals surface area contributed by atoms with Crippen molar-refractivity contribution in [1.29, 1.82) is 0 Å². The van der Waals surface area contributed by atoms with Gasteiger partial charge in [-0.15, -0.1) is 0 Å². The van der Waals surface area contributed by atoms with Crippen molar-refractivity contribution in [3.63, 3.8) is 0 Å². The topological polar surface area (TPSA) is 36.9 Å². The van der Waals surface area contributed by atoms with E-state index in [-0.39, 0.29) is 0 Å². The summed E-state index contributed by atoms with van der Waals surface area (Å²) < 4.78 is 22.6. The van der Waals surface area contributed by atoms with Crippen molar-refractivity contribution >= 4 is 9.05 Å². The summed E-state index contributed by atoms with van der Waals surface area (Å²) in [5.74, 6) is 0. The monoisotopic (exact) mass is 278 g/mol. The zero-order valence-corrected chi connectivity index (χ0v) is 13.5. The van der Waals surface area contributed by atoms with Gasteiger partial charge in [-0.25, -0.2) is 0 Å². The molecule has 0 spiro atoms. The van der Waals surface area contributed by atoms with Gasteiger partial charge in [0.25, 0.3) is 0 Å². The molecule has 0 fully saturated rings. The summed E-state index contributed by atoms with van der Waals surface area (Å²) in [5.41, 5.74) is 0. The van der Waals surface area contributed by atoms with E-state index in [1.807, 2.05) is 20.8 Å². The van der Waals surface area contributed by atoms with E-state index in [2.05, 4.69) is 6.92 Å². The van der Waals surface area contributed by atoms with Crippen molar-refractivity contribution in [2.75, 3.05) is 26.4 Å². The molecular weight excluding hydrogens is 248 g/mol. The third-order valence-electron chi connectivity index (χ3n) is 2.49. The minimum absolute atomic E-state index is 0.558. The standard InChI is InChI=1S/C13H30O4Si/c1-5-9-10-11-12-13-17-18(14-6-2,15-7-3)16-8-4/h5-13H2,1-4H3. The first kappa shape index (κ1) is 18.1. The summed E-state index contributed by atoms with van der Waals surface area (Å²) in [5, 5.41) is 0. The molecular formula is C13H30O4Si. The van der Waals surface area contributed by atoms with E-state index in [1.165, 1.54) is 25.7 Å². The highest BCUT2D eigenvalue weighted by atomic mass is 28.4. The Labute approximate surface area is 113 Å². The fourth-order valence-electron chi connectivity index (χ4n) is 1.68. The molecule has 0 saturated heterocycles. The van der Waals surface area contributed by atoms with Gasteiger partial charge in [0.2, 0.25) is 0 Å². The number of unbranched alkanes of at least 4 members (excludes halogenated alkanes) is 4. The van der Waals surface area contributed by atoms with Crippen molar-refractivity contribution in [3.05, 3.63) is 0 Å². The van der Waals surface area contributed by atoms with E-state index in [0.29, 0.717) is 26.4 Å². The second kappa shape index (κ2) is 12.1. The Hall–Kier alpha value is 0.0569. The molecule has 0 atom stereocenters. The summed E-state index contributed by atoms with van der Waals surface area (Å²) in [6, 6.07) is 0. The fraction of sp³-hybridized carbons (Fsp3) is 1.00. The van der Waals surface area contributed by atoms with Crippen LogP contribution in [0.25, 0.3) is 0 Å². The summed E-state index contributed by atoms with van der Waals surface area (Å²) in [7, 11) is -2.86. The van der Waals surface area contributed by atoms with Gasteiger partial charge in [0.1, 0.15) is 0 Å². The molecule has 0 aliphatic heterocycles. The molecule has 0 radical (unpaired) electrons. The van der Waals surface area contributed by atoms with E-state index in [1.54, 1.807) is 0 Å². The van der Waals surface area contributed by atoms with Crippen molar-refractivity contribution < 1.29 is 17.7 Å². The predicted molar refractivity (Wildman–Crippen MR) is 75.3 cm³/mol. The lowest BCUT2D eigenvalue weighted by atomic mass is 10.2. The van der Waals surface area contributed by atoms with Crippen molar-refractivity contribution in [2.24, 2.45) is 0 Å². The van der Waals surface area contributed by atoms with Crippen LogP contribution in [0.15, 0.2) is 0 Å². The van der Waals surface area contributed by atoms with Gasteiger partial charge in [0.05, 0.1) is 0 Å².